The molecule has 3 aromatic rings. The van der Waals surface area contributed by atoms with Gasteiger partial charge in [0.2, 0.25) is 5.91 Å². The van der Waals surface area contributed by atoms with Crippen molar-refractivity contribution in [2.24, 2.45) is 5.41 Å². The molecule has 1 unspecified atom stereocenters. The molecule has 230 valence electrons. The minimum absolute atomic E-state index is 0.0173. The number of carbonyl (C=O) groups is 2. The number of anilines is 3. The number of ether oxygens (including phenoxy) is 2. The summed E-state index contributed by atoms with van der Waals surface area (Å²) in [7, 11) is 3.21. The van der Waals surface area contributed by atoms with Crippen LogP contribution < -0.4 is 24.6 Å². The number of rotatable bonds is 6. The number of nitrogens with one attached hydrogen (secondary N) is 1. The SMILES string of the molecule is COc1ccc(C2C3=C(CC(C)(C)CC3=O)Nc3ccccc3N2CC(=O)N2CCN(c3cccc(Cl)c3)CC2)cc1OC. The first-order chi connectivity index (χ1) is 21.2. The third kappa shape index (κ3) is 5.83. The summed E-state index contributed by atoms with van der Waals surface area (Å²) in [5.74, 6) is 1.28. The Bertz CT molecular complexity index is 1610. The monoisotopic (exact) mass is 614 g/mol. The summed E-state index contributed by atoms with van der Waals surface area (Å²) in [6.45, 7) is 6.99. The van der Waals surface area contributed by atoms with Crippen LogP contribution in [0, 0.1) is 5.41 Å². The molecule has 2 aliphatic heterocycles. The van der Waals surface area contributed by atoms with Crippen LogP contribution in [-0.4, -0.2) is 63.5 Å². The second-order valence-electron chi connectivity index (χ2n) is 12.5. The van der Waals surface area contributed by atoms with E-state index >= 15 is 0 Å². The predicted molar refractivity (Wildman–Crippen MR) is 175 cm³/mol. The van der Waals surface area contributed by atoms with Gasteiger partial charge in [0.05, 0.1) is 38.2 Å². The number of benzene rings is 3. The average Bonchev–Trinajstić information content (AvgIpc) is 3.14. The lowest BCUT2D eigenvalue weighted by Crippen LogP contribution is -2.52. The van der Waals surface area contributed by atoms with Gasteiger partial charge in [-0.3, -0.25) is 9.59 Å². The first-order valence-electron chi connectivity index (χ1n) is 15.1. The molecule has 0 bridgehead atoms. The molecule has 0 spiro atoms. The highest BCUT2D eigenvalue weighted by atomic mass is 35.5. The molecule has 44 heavy (non-hydrogen) atoms. The topological polar surface area (TPSA) is 74.4 Å². The lowest BCUT2D eigenvalue weighted by Gasteiger charge is -2.40. The van der Waals surface area contributed by atoms with Crippen molar-refractivity contribution in [1.82, 2.24) is 4.90 Å². The van der Waals surface area contributed by atoms with E-state index in [0.29, 0.717) is 54.7 Å². The number of Topliss-reactive ketones (excluding diaryl/α,β-unsaturated/α-hetero) is 1. The van der Waals surface area contributed by atoms with E-state index in [1.165, 1.54) is 0 Å². The van der Waals surface area contributed by atoms with Gasteiger partial charge in [0.25, 0.3) is 0 Å². The van der Waals surface area contributed by atoms with Gasteiger partial charge in [-0.15, -0.1) is 0 Å². The lowest BCUT2D eigenvalue weighted by molar-refractivity contribution is -0.130. The molecule has 1 amide bonds. The second kappa shape index (κ2) is 12.1. The van der Waals surface area contributed by atoms with Crippen LogP contribution in [-0.2, 0) is 9.59 Å². The number of hydrogen-bond acceptors (Lipinski definition) is 7. The van der Waals surface area contributed by atoms with Gasteiger partial charge in [-0.1, -0.05) is 49.7 Å². The Morgan fingerprint density at radius 3 is 2.41 bits per heavy atom. The average molecular weight is 615 g/mol. The Morgan fingerprint density at radius 1 is 0.932 bits per heavy atom. The summed E-state index contributed by atoms with van der Waals surface area (Å²) in [5.41, 5.74) is 5.09. The molecule has 1 saturated heterocycles. The zero-order valence-electron chi connectivity index (χ0n) is 25.7. The summed E-state index contributed by atoms with van der Waals surface area (Å²) >= 11 is 6.24. The number of methoxy groups -OCH3 is 2. The first kappa shape index (κ1) is 29.9. The van der Waals surface area contributed by atoms with Crippen LogP contribution in [0.15, 0.2) is 78.0 Å². The van der Waals surface area contributed by atoms with E-state index in [2.05, 4.69) is 29.0 Å². The summed E-state index contributed by atoms with van der Waals surface area (Å²) in [6.07, 6.45) is 1.15. The Kier molecular flexibility index (Phi) is 8.20. The number of para-hydroxylation sites is 2. The zero-order valence-corrected chi connectivity index (χ0v) is 26.5. The van der Waals surface area contributed by atoms with E-state index in [1.54, 1.807) is 14.2 Å². The number of fused-ring (bicyclic) bond motifs is 1. The van der Waals surface area contributed by atoms with Gasteiger partial charge in [-0.2, -0.15) is 0 Å². The van der Waals surface area contributed by atoms with Crippen molar-refractivity contribution in [3.8, 4) is 11.5 Å². The minimum Gasteiger partial charge on any atom is -0.493 e. The normalized spacial score (nSPS) is 19.5. The van der Waals surface area contributed by atoms with Gasteiger partial charge in [-0.25, -0.2) is 0 Å². The molecule has 3 aromatic carbocycles. The molecule has 0 aromatic heterocycles. The summed E-state index contributed by atoms with van der Waals surface area (Å²) in [6, 6.07) is 21.1. The Morgan fingerprint density at radius 2 is 1.68 bits per heavy atom. The molecule has 1 fully saturated rings. The standard InChI is InChI=1S/C35H39ClN4O4/c1-35(2)20-27-33(29(41)21-35)34(23-12-13-30(43-3)31(18-23)44-4)40(28-11-6-5-10-26(28)37-27)22-32(42)39-16-14-38(15-17-39)25-9-7-8-24(36)19-25/h5-13,18-19,34,37H,14-17,20-22H2,1-4H3. The molecule has 9 heteroatoms. The van der Waals surface area contributed by atoms with Crippen LogP contribution in [0.5, 0.6) is 11.5 Å². The maximum Gasteiger partial charge on any atom is 0.242 e. The van der Waals surface area contributed by atoms with E-state index in [4.69, 9.17) is 21.1 Å². The van der Waals surface area contributed by atoms with Crippen molar-refractivity contribution in [2.45, 2.75) is 32.7 Å². The molecular formula is C35H39ClN4O4. The van der Waals surface area contributed by atoms with Crippen LogP contribution in [0.25, 0.3) is 0 Å². The van der Waals surface area contributed by atoms with Gasteiger partial charge in [0.15, 0.2) is 17.3 Å². The minimum atomic E-state index is -0.499. The Labute approximate surface area is 264 Å². The maximum absolute atomic E-state index is 14.1. The Balaban J connectivity index is 1.38. The van der Waals surface area contributed by atoms with Gasteiger partial charge >= 0.3 is 0 Å². The number of amides is 1. The molecule has 1 aliphatic carbocycles. The third-order valence-electron chi connectivity index (χ3n) is 8.84. The van der Waals surface area contributed by atoms with Gasteiger partial charge in [-0.05, 0) is 59.9 Å². The fourth-order valence-corrected chi connectivity index (χ4v) is 6.91. The first-order valence-corrected chi connectivity index (χ1v) is 15.4. The van der Waals surface area contributed by atoms with E-state index < -0.39 is 6.04 Å². The lowest BCUT2D eigenvalue weighted by atomic mass is 9.73. The highest BCUT2D eigenvalue weighted by molar-refractivity contribution is 6.30. The number of halogens is 1. The summed E-state index contributed by atoms with van der Waals surface area (Å²) in [4.78, 5) is 34.4. The number of ketones is 1. The van der Waals surface area contributed by atoms with Crippen LogP contribution >= 0.6 is 11.6 Å². The molecular weight excluding hydrogens is 576 g/mol. The Hall–Kier alpha value is -4.17. The van der Waals surface area contributed by atoms with Crippen molar-refractivity contribution in [3.63, 3.8) is 0 Å². The van der Waals surface area contributed by atoms with Crippen molar-refractivity contribution in [3.05, 3.63) is 88.6 Å². The van der Waals surface area contributed by atoms with E-state index in [0.717, 1.165) is 34.7 Å². The van der Waals surface area contributed by atoms with Gasteiger partial charge in [0.1, 0.15) is 0 Å². The van der Waals surface area contributed by atoms with Crippen molar-refractivity contribution in [1.29, 1.82) is 0 Å². The number of hydrogen-bond donors (Lipinski definition) is 1. The van der Waals surface area contributed by atoms with Crippen LogP contribution in [0.3, 0.4) is 0 Å². The third-order valence-corrected chi connectivity index (χ3v) is 9.07. The van der Waals surface area contributed by atoms with Gasteiger partial charge < -0.3 is 29.5 Å². The number of piperazine rings is 1. The predicted octanol–water partition coefficient (Wildman–Crippen LogP) is 6.32. The molecule has 2 heterocycles. The highest BCUT2D eigenvalue weighted by Gasteiger charge is 2.42. The number of allylic oxidation sites excluding steroid dienone is 1. The van der Waals surface area contributed by atoms with Gasteiger partial charge in [0, 0.05) is 54.6 Å². The largest absolute Gasteiger partial charge is 0.493 e. The fourth-order valence-electron chi connectivity index (χ4n) is 6.73. The molecule has 1 atom stereocenters. The fraction of sp³-hybridized carbons (Fsp3) is 0.371. The van der Waals surface area contributed by atoms with E-state index in [9.17, 15) is 9.59 Å². The summed E-state index contributed by atoms with van der Waals surface area (Å²) < 4.78 is 11.2. The van der Waals surface area contributed by atoms with Crippen LogP contribution in [0.4, 0.5) is 17.1 Å². The van der Waals surface area contributed by atoms with E-state index in [-0.39, 0.29) is 23.7 Å². The highest BCUT2D eigenvalue weighted by Crippen LogP contribution is 2.49. The van der Waals surface area contributed by atoms with Crippen molar-refractivity contribution in [2.75, 3.05) is 62.1 Å². The summed E-state index contributed by atoms with van der Waals surface area (Å²) in [5, 5.41) is 4.33. The molecule has 0 radical (unpaired) electrons. The smallest absolute Gasteiger partial charge is 0.242 e. The number of carbonyl (C=O) groups excluding carboxylic acids is 2. The zero-order chi connectivity index (χ0) is 31.0. The molecule has 1 N–H and O–H groups in total. The van der Waals surface area contributed by atoms with Crippen molar-refractivity contribution < 1.29 is 19.1 Å². The van der Waals surface area contributed by atoms with Crippen molar-refractivity contribution >= 4 is 40.4 Å². The van der Waals surface area contributed by atoms with Crippen LogP contribution in [0.2, 0.25) is 5.02 Å². The number of nitrogens with zero attached hydrogens (tertiary/aromatic N) is 3. The van der Waals surface area contributed by atoms with Crippen LogP contribution in [0.1, 0.15) is 38.3 Å². The van der Waals surface area contributed by atoms with E-state index in [1.807, 2.05) is 71.6 Å². The quantitative estimate of drug-likeness (QED) is 0.348. The second-order valence-corrected chi connectivity index (χ2v) is 12.9. The molecule has 0 saturated carbocycles. The molecule has 3 aliphatic rings. The maximum atomic E-state index is 14.1. The molecule has 8 nitrogen and oxygen atoms in total. The molecule has 6 rings (SSSR count).